The van der Waals surface area contributed by atoms with Crippen LogP contribution < -0.4 is 10.1 Å². The molecule has 0 heterocycles. The van der Waals surface area contributed by atoms with E-state index in [1.54, 1.807) is 22.9 Å². The quantitative estimate of drug-likeness (QED) is 0.717. The molecule has 0 aromatic heterocycles. The van der Waals surface area contributed by atoms with Crippen LogP contribution in [-0.2, 0) is 16.1 Å². The minimum atomic E-state index is -4.80. The maximum absolute atomic E-state index is 12.4. The summed E-state index contributed by atoms with van der Waals surface area (Å²) in [6, 6.07) is 5.59. The highest BCUT2D eigenvalue weighted by molar-refractivity contribution is 5.81. The van der Waals surface area contributed by atoms with Crippen LogP contribution in [0.5, 0.6) is 5.75 Å². The number of hydrogen-bond donors (Lipinski definition) is 1. The van der Waals surface area contributed by atoms with Gasteiger partial charge in [-0.25, -0.2) is 0 Å². The van der Waals surface area contributed by atoms with Crippen LogP contribution in [0, 0.1) is 0 Å². The van der Waals surface area contributed by atoms with Crippen molar-refractivity contribution in [2.45, 2.75) is 26.8 Å². The molecule has 0 saturated carbocycles. The van der Waals surface area contributed by atoms with Crippen LogP contribution in [0.25, 0.3) is 0 Å². The molecule has 1 rings (SSSR count). The van der Waals surface area contributed by atoms with Gasteiger partial charge in [-0.15, -0.1) is 13.2 Å². The molecule has 6 nitrogen and oxygen atoms in total. The number of amides is 2. The fraction of sp³-hybridized carbons (Fsp3) is 0.529. The molecule has 0 spiro atoms. The molecule has 0 fully saturated rings. The fourth-order valence-electron chi connectivity index (χ4n) is 2.33. The maximum Gasteiger partial charge on any atom is 0.573 e. The molecule has 1 aromatic rings. The second kappa shape index (κ2) is 10.0. The predicted molar refractivity (Wildman–Crippen MR) is 90.4 cm³/mol. The van der Waals surface area contributed by atoms with Crippen LogP contribution in [0.3, 0.4) is 0 Å². The van der Waals surface area contributed by atoms with Crippen LogP contribution in [0.1, 0.15) is 19.4 Å². The zero-order chi connectivity index (χ0) is 19.7. The van der Waals surface area contributed by atoms with E-state index in [0.717, 1.165) is 0 Å². The van der Waals surface area contributed by atoms with Gasteiger partial charge >= 0.3 is 6.36 Å². The highest BCUT2D eigenvalue weighted by Crippen LogP contribution is 2.25. The number of carbonyl (C=O) groups is 2. The van der Waals surface area contributed by atoms with Gasteiger partial charge in [0.25, 0.3) is 0 Å². The van der Waals surface area contributed by atoms with Crippen molar-refractivity contribution in [2.24, 2.45) is 0 Å². The molecule has 0 aliphatic heterocycles. The third-order valence-corrected chi connectivity index (χ3v) is 3.61. The Balaban J connectivity index is 2.53. The number of hydrogen-bond acceptors (Lipinski definition) is 4. The second-order valence-electron chi connectivity index (χ2n) is 5.67. The van der Waals surface area contributed by atoms with Crippen molar-refractivity contribution >= 4 is 11.8 Å². The summed E-state index contributed by atoms with van der Waals surface area (Å²) in [4.78, 5) is 27.2. The lowest BCUT2D eigenvalue weighted by atomic mass is 10.2. The molecule has 1 N–H and O–H groups in total. The lowest BCUT2D eigenvalue weighted by Gasteiger charge is -2.22. The van der Waals surface area contributed by atoms with E-state index in [2.05, 4.69) is 10.1 Å². The Bertz CT molecular complexity index is 604. The summed E-state index contributed by atoms with van der Waals surface area (Å²) in [5.74, 6) is -0.846. The zero-order valence-electron chi connectivity index (χ0n) is 15.1. The van der Waals surface area contributed by atoms with E-state index < -0.39 is 12.3 Å². The SMILES string of the molecule is CCN(CC)C(=O)CN(C)CC(=O)NCc1ccccc1OC(F)(F)F. The molecule has 0 radical (unpaired) electrons. The first-order valence-corrected chi connectivity index (χ1v) is 8.22. The number of likely N-dealkylation sites (N-methyl/N-ethyl adjacent to an activating group) is 2. The van der Waals surface area contributed by atoms with E-state index in [-0.39, 0.29) is 36.9 Å². The summed E-state index contributed by atoms with van der Waals surface area (Å²) in [6.07, 6.45) is -4.80. The molecule has 0 aliphatic carbocycles. The largest absolute Gasteiger partial charge is 0.573 e. The van der Waals surface area contributed by atoms with Gasteiger partial charge in [0.2, 0.25) is 11.8 Å². The average Bonchev–Trinajstić information content (AvgIpc) is 2.53. The minimum absolute atomic E-state index is 0.0463. The molecule has 2 amide bonds. The standard InChI is InChI=1S/C17H24F3N3O3/c1-4-23(5-2)16(25)12-22(3)11-15(24)21-10-13-8-6-7-9-14(13)26-17(18,19)20/h6-9H,4-5,10-12H2,1-3H3,(H,21,24). The normalized spacial score (nSPS) is 11.3. The molecular weight excluding hydrogens is 351 g/mol. The smallest absolute Gasteiger partial charge is 0.405 e. The van der Waals surface area contributed by atoms with Gasteiger partial charge in [0.05, 0.1) is 13.1 Å². The van der Waals surface area contributed by atoms with Crippen LogP contribution in [0.15, 0.2) is 24.3 Å². The molecule has 0 aliphatic rings. The highest BCUT2D eigenvalue weighted by atomic mass is 19.4. The van der Waals surface area contributed by atoms with Crippen LogP contribution in [0.4, 0.5) is 13.2 Å². The first-order chi connectivity index (χ1) is 12.2. The van der Waals surface area contributed by atoms with Gasteiger partial charge < -0.3 is 15.0 Å². The molecule has 0 atom stereocenters. The van der Waals surface area contributed by atoms with E-state index in [1.165, 1.54) is 18.2 Å². The number of alkyl halides is 3. The summed E-state index contributed by atoms with van der Waals surface area (Å²) in [5.41, 5.74) is 0.208. The predicted octanol–water partition coefficient (Wildman–Crippen LogP) is 2.00. The Hall–Kier alpha value is -2.29. The maximum atomic E-state index is 12.4. The molecule has 0 saturated heterocycles. The first-order valence-electron chi connectivity index (χ1n) is 8.22. The van der Waals surface area contributed by atoms with Gasteiger partial charge in [-0.05, 0) is 27.0 Å². The Labute approximate surface area is 150 Å². The Morgan fingerprint density at radius 2 is 1.73 bits per heavy atom. The number of carbonyl (C=O) groups excluding carboxylic acids is 2. The van der Waals surface area contributed by atoms with Gasteiger partial charge in [-0.2, -0.15) is 0 Å². The number of rotatable bonds is 9. The Morgan fingerprint density at radius 1 is 1.12 bits per heavy atom. The van der Waals surface area contributed by atoms with Crippen molar-refractivity contribution in [3.05, 3.63) is 29.8 Å². The summed E-state index contributed by atoms with van der Waals surface area (Å²) in [5, 5.41) is 2.53. The fourth-order valence-corrected chi connectivity index (χ4v) is 2.33. The van der Waals surface area contributed by atoms with Crippen LogP contribution >= 0.6 is 0 Å². The minimum Gasteiger partial charge on any atom is -0.405 e. The van der Waals surface area contributed by atoms with Crippen molar-refractivity contribution in [3.8, 4) is 5.75 Å². The Kier molecular flexibility index (Phi) is 8.37. The van der Waals surface area contributed by atoms with E-state index >= 15 is 0 Å². The lowest BCUT2D eigenvalue weighted by molar-refractivity contribution is -0.274. The van der Waals surface area contributed by atoms with Crippen molar-refractivity contribution in [1.82, 2.24) is 15.1 Å². The van der Waals surface area contributed by atoms with Gasteiger partial charge in [0.15, 0.2) is 0 Å². The number of para-hydroxylation sites is 1. The van der Waals surface area contributed by atoms with Crippen molar-refractivity contribution in [3.63, 3.8) is 0 Å². The average molecular weight is 375 g/mol. The molecule has 146 valence electrons. The second-order valence-corrected chi connectivity index (χ2v) is 5.67. The molecule has 9 heteroatoms. The van der Waals surface area contributed by atoms with Crippen LogP contribution in [0.2, 0.25) is 0 Å². The number of halogens is 3. The molecule has 0 unspecified atom stereocenters. The van der Waals surface area contributed by atoms with Gasteiger partial charge in [-0.1, -0.05) is 18.2 Å². The van der Waals surface area contributed by atoms with E-state index in [4.69, 9.17) is 0 Å². The van der Waals surface area contributed by atoms with E-state index in [1.807, 2.05) is 13.8 Å². The summed E-state index contributed by atoms with van der Waals surface area (Å²) in [6.45, 7) is 4.85. The van der Waals surface area contributed by atoms with E-state index in [0.29, 0.717) is 13.1 Å². The highest BCUT2D eigenvalue weighted by Gasteiger charge is 2.32. The molecule has 0 bridgehead atoms. The Morgan fingerprint density at radius 3 is 2.31 bits per heavy atom. The molecular formula is C17H24F3N3O3. The van der Waals surface area contributed by atoms with Crippen molar-refractivity contribution in [2.75, 3.05) is 33.2 Å². The molecule has 26 heavy (non-hydrogen) atoms. The summed E-state index contributed by atoms with van der Waals surface area (Å²) in [7, 11) is 1.63. The number of benzene rings is 1. The van der Waals surface area contributed by atoms with Gasteiger partial charge in [0.1, 0.15) is 5.75 Å². The van der Waals surface area contributed by atoms with Crippen molar-refractivity contribution < 1.29 is 27.5 Å². The summed E-state index contributed by atoms with van der Waals surface area (Å²) < 4.78 is 41.1. The topological polar surface area (TPSA) is 61.9 Å². The molecule has 1 aromatic carbocycles. The third kappa shape index (κ3) is 7.73. The van der Waals surface area contributed by atoms with E-state index in [9.17, 15) is 22.8 Å². The zero-order valence-corrected chi connectivity index (χ0v) is 15.1. The number of nitrogens with one attached hydrogen (secondary N) is 1. The monoisotopic (exact) mass is 375 g/mol. The summed E-state index contributed by atoms with van der Waals surface area (Å²) >= 11 is 0. The number of ether oxygens (including phenoxy) is 1. The first kappa shape index (κ1) is 21.8. The van der Waals surface area contributed by atoms with Crippen molar-refractivity contribution in [1.29, 1.82) is 0 Å². The number of nitrogens with zero attached hydrogens (tertiary/aromatic N) is 2. The van der Waals surface area contributed by atoms with Gasteiger partial charge in [-0.3, -0.25) is 14.5 Å². The van der Waals surface area contributed by atoms with Crippen LogP contribution in [-0.4, -0.2) is 61.2 Å². The third-order valence-electron chi connectivity index (χ3n) is 3.61. The van der Waals surface area contributed by atoms with Gasteiger partial charge in [0, 0.05) is 25.2 Å². The lowest BCUT2D eigenvalue weighted by Crippen LogP contribution is -2.42.